The monoisotopic (exact) mass is 253 g/mol. The molecular weight excluding hydrogens is 237 g/mol. The highest BCUT2D eigenvalue weighted by Crippen LogP contribution is 2.04. The molecule has 0 bridgehead atoms. The van der Waals surface area contributed by atoms with Gasteiger partial charge in [-0.3, -0.25) is 9.59 Å². The Morgan fingerprint density at radius 2 is 1.94 bits per heavy atom. The first-order valence-electron chi connectivity index (χ1n) is 5.73. The molecule has 0 aromatic heterocycles. The molecule has 0 aliphatic heterocycles. The molecule has 1 amide bonds. The molecule has 4 nitrogen and oxygen atoms in total. The lowest BCUT2D eigenvalue weighted by molar-refractivity contribution is -0.143. The fraction of sp³-hybridized carbons (Fsp3) is 0.385. The number of hydrogen-bond donors (Lipinski definition) is 2. The van der Waals surface area contributed by atoms with Gasteiger partial charge in [-0.15, -0.1) is 0 Å². The van der Waals surface area contributed by atoms with Crippen LogP contribution in [-0.4, -0.2) is 23.5 Å². The van der Waals surface area contributed by atoms with Gasteiger partial charge in [-0.1, -0.05) is 19.1 Å². The van der Waals surface area contributed by atoms with Crippen molar-refractivity contribution in [2.75, 3.05) is 6.54 Å². The molecule has 98 valence electrons. The van der Waals surface area contributed by atoms with E-state index in [2.05, 4.69) is 5.32 Å². The number of carboxylic acids is 1. The molecule has 0 radical (unpaired) electrons. The smallest absolute Gasteiger partial charge is 0.306 e. The van der Waals surface area contributed by atoms with Crippen LogP contribution in [0.1, 0.15) is 18.9 Å². The maximum atomic E-state index is 12.6. The molecule has 0 aliphatic carbocycles. The Hall–Kier alpha value is -1.91. The van der Waals surface area contributed by atoms with Gasteiger partial charge in [0.05, 0.1) is 5.92 Å². The van der Waals surface area contributed by atoms with Gasteiger partial charge in [-0.2, -0.15) is 0 Å². The van der Waals surface area contributed by atoms with E-state index >= 15 is 0 Å². The summed E-state index contributed by atoms with van der Waals surface area (Å²) in [6.45, 7) is 1.90. The second-order valence-corrected chi connectivity index (χ2v) is 4.17. The van der Waals surface area contributed by atoms with E-state index in [1.54, 1.807) is 12.1 Å². The van der Waals surface area contributed by atoms with Gasteiger partial charge >= 0.3 is 5.97 Å². The van der Waals surface area contributed by atoms with Gasteiger partial charge in [0.2, 0.25) is 5.91 Å². The molecule has 0 fully saturated rings. The molecule has 1 rings (SSSR count). The van der Waals surface area contributed by atoms with Crippen molar-refractivity contribution in [1.29, 1.82) is 0 Å². The highest BCUT2D eigenvalue weighted by atomic mass is 19.1. The van der Waals surface area contributed by atoms with Crippen LogP contribution in [0.4, 0.5) is 4.39 Å². The van der Waals surface area contributed by atoms with Crippen LogP contribution in [0.25, 0.3) is 0 Å². The third-order valence-electron chi connectivity index (χ3n) is 2.56. The predicted molar refractivity (Wildman–Crippen MR) is 64.5 cm³/mol. The standard InChI is InChI=1S/C13H16FNO3/c1-9(13(17)18)8-12(16)15-7-6-10-2-4-11(14)5-3-10/h2-5,9H,6-8H2,1H3,(H,15,16)(H,17,18). The number of aliphatic carboxylic acids is 1. The average molecular weight is 253 g/mol. The number of carbonyl (C=O) groups is 2. The summed E-state index contributed by atoms with van der Waals surface area (Å²) in [5.41, 5.74) is 0.919. The van der Waals surface area contributed by atoms with E-state index in [0.29, 0.717) is 13.0 Å². The zero-order valence-corrected chi connectivity index (χ0v) is 10.1. The molecule has 0 heterocycles. The van der Waals surface area contributed by atoms with Crippen molar-refractivity contribution in [1.82, 2.24) is 5.32 Å². The zero-order valence-electron chi connectivity index (χ0n) is 10.1. The Bertz CT molecular complexity index is 417. The van der Waals surface area contributed by atoms with E-state index in [4.69, 9.17) is 5.11 Å². The molecule has 5 heteroatoms. The molecule has 2 N–H and O–H groups in total. The molecule has 1 atom stereocenters. The minimum Gasteiger partial charge on any atom is -0.481 e. The third kappa shape index (κ3) is 4.95. The summed E-state index contributed by atoms with van der Waals surface area (Å²) in [6.07, 6.45) is 0.562. The summed E-state index contributed by atoms with van der Waals surface area (Å²) in [6, 6.07) is 6.04. The number of amides is 1. The van der Waals surface area contributed by atoms with Crippen LogP contribution in [0.5, 0.6) is 0 Å². The highest BCUT2D eigenvalue weighted by Gasteiger charge is 2.14. The summed E-state index contributed by atoms with van der Waals surface area (Å²) in [5.74, 6) is -2.25. The van der Waals surface area contributed by atoms with Gasteiger partial charge < -0.3 is 10.4 Å². The summed E-state index contributed by atoms with van der Waals surface area (Å²) >= 11 is 0. The topological polar surface area (TPSA) is 66.4 Å². The first-order valence-corrected chi connectivity index (χ1v) is 5.73. The first kappa shape index (κ1) is 14.2. The van der Waals surface area contributed by atoms with Crippen LogP contribution >= 0.6 is 0 Å². The van der Waals surface area contributed by atoms with Gasteiger partial charge in [0.25, 0.3) is 0 Å². The summed E-state index contributed by atoms with van der Waals surface area (Å²) < 4.78 is 12.6. The average Bonchev–Trinajstić information content (AvgIpc) is 2.31. The lowest BCUT2D eigenvalue weighted by Gasteiger charge is -2.07. The van der Waals surface area contributed by atoms with E-state index in [-0.39, 0.29) is 18.1 Å². The van der Waals surface area contributed by atoms with Crippen molar-refractivity contribution < 1.29 is 19.1 Å². The minimum absolute atomic E-state index is 0.0290. The SMILES string of the molecule is CC(CC(=O)NCCc1ccc(F)cc1)C(=O)O. The molecule has 0 saturated heterocycles. The van der Waals surface area contributed by atoms with E-state index in [9.17, 15) is 14.0 Å². The maximum absolute atomic E-state index is 12.6. The molecule has 1 unspecified atom stereocenters. The van der Waals surface area contributed by atoms with Crippen molar-refractivity contribution in [2.24, 2.45) is 5.92 Å². The van der Waals surface area contributed by atoms with E-state index in [1.165, 1.54) is 19.1 Å². The summed E-state index contributed by atoms with van der Waals surface area (Å²) in [5, 5.41) is 11.3. The molecule has 0 saturated carbocycles. The fourth-order valence-corrected chi connectivity index (χ4v) is 1.43. The molecule has 1 aromatic rings. The number of halogens is 1. The highest BCUT2D eigenvalue weighted by molar-refractivity contribution is 5.81. The van der Waals surface area contributed by atoms with Crippen molar-refractivity contribution in [3.8, 4) is 0 Å². The van der Waals surface area contributed by atoms with Crippen LogP contribution in [-0.2, 0) is 16.0 Å². The summed E-state index contributed by atoms with van der Waals surface area (Å²) in [7, 11) is 0. The largest absolute Gasteiger partial charge is 0.481 e. The number of rotatable bonds is 6. The number of hydrogen-bond acceptors (Lipinski definition) is 2. The zero-order chi connectivity index (χ0) is 13.5. The van der Waals surface area contributed by atoms with E-state index < -0.39 is 11.9 Å². The van der Waals surface area contributed by atoms with Crippen molar-refractivity contribution in [2.45, 2.75) is 19.8 Å². The Morgan fingerprint density at radius 1 is 1.33 bits per heavy atom. The van der Waals surface area contributed by atoms with Crippen molar-refractivity contribution >= 4 is 11.9 Å². The van der Waals surface area contributed by atoms with E-state index in [1.807, 2.05) is 0 Å². The lowest BCUT2D eigenvalue weighted by Crippen LogP contribution is -2.28. The Balaban J connectivity index is 2.27. The van der Waals surface area contributed by atoms with Gasteiger partial charge in [0, 0.05) is 13.0 Å². The van der Waals surface area contributed by atoms with Crippen LogP contribution in [0.2, 0.25) is 0 Å². The minimum atomic E-state index is -0.983. The number of carbonyl (C=O) groups excluding carboxylic acids is 1. The molecular formula is C13H16FNO3. The third-order valence-corrected chi connectivity index (χ3v) is 2.56. The van der Waals surface area contributed by atoms with Crippen molar-refractivity contribution in [3.05, 3.63) is 35.6 Å². The fourth-order valence-electron chi connectivity index (χ4n) is 1.43. The lowest BCUT2D eigenvalue weighted by atomic mass is 10.1. The Kier molecular flexibility index (Phi) is 5.30. The molecule has 18 heavy (non-hydrogen) atoms. The van der Waals surface area contributed by atoms with Gasteiger partial charge in [0.1, 0.15) is 5.82 Å². The quantitative estimate of drug-likeness (QED) is 0.809. The Morgan fingerprint density at radius 3 is 2.50 bits per heavy atom. The molecule has 0 spiro atoms. The van der Waals surface area contributed by atoms with Crippen LogP contribution in [0, 0.1) is 11.7 Å². The molecule has 0 aliphatic rings. The molecule has 1 aromatic carbocycles. The normalized spacial score (nSPS) is 11.9. The van der Waals surface area contributed by atoms with Gasteiger partial charge in [0.15, 0.2) is 0 Å². The first-order chi connectivity index (χ1) is 8.49. The van der Waals surface area contributed by atoms with Gasteiger partial charge in [-0.25, -0.2) is 4.39 Å². The van der Waals surface area contributed by atoms with Crippen molar-refractivity contribution in [3.63, 3.8) is 0 Å². The second kappa shape index (κ2) is 6.74. The Labute approximate surface area is 105 Å². The number of nitrogens with one attached hydrogen (secondary N) is 1. The van der Waals surface area contributed by atoms with Crippen LogP contribution < -0.4 is 5.32 Å². The second-order valence-electron chi connectivity index (χ2n) is 4.17. The number of benzene rings is 1. The van der Waals surface area contributed by atoms with Gasteiger partial charge in [-0.05, 0) is 24.1 Å². The van der Waals surface area contributed by atoms with Crippen LogP contribution in [0.15, 0.2) is 24.3 Å². The summed E-state index contributed by atoms with van der Waals surface area (Å²) in [4.78, 5) is 21.9. The maximum Gasteiger partial charge on any atom is 0.306 e. The predicted octanol–water partition coefficient (Wildman–Crippen LogP) is 1.60. The van der Waals surface area contributed by atoms with E-state index in [0.717, 1.165) is 5.56 Å². The van der Waals surface area contributed by atoms with Crippen LogP contribution in [0.3, 0.4) is 0 Å². The number of carboxylic acid groups (broad SMARTS) is 1.